The van der Waals surface area contributed by atoms with E-state index < -0.39 is 10.0 Å². The lowest BCUT2D eigenvalue weighted by molar-refractivity contribution is 0.382. The third kappa shape index (κ3) is 3.35. The minimum atomic E-state index is -3.42. The number of rotatable bonds is 5. The van der Waals surface area contributed by atoms with E-state index in [0.29, 0.717) is 36.3 Å². The quantitative estimate of drug-likeness (QED) is 0.645. The smallest absolute Gasteiger partial charge is 0.252 e. The predicted octanol–water partition coefficient (Wildman–Crippen LogP) is 1.80. The van der Waals surface area contributed by atoms with Crippen molar-refractivity contribution in [2.45, 2.75) is 17.6 Å². The molecule has 1 fully saturated rings. The first-order chi connectivity index (χ1) is 13.1. The van der Waals surface area contributed by atoms with Crippen molar-refractivity contribution in [2.24, 2.45) is 0 Å². The van der Waals surface area contributed by atoms with Crippen LogP contribution >= 0.6 is 11.3 Å². The maximum absolute atomic E-state index is 12.7. The monoisotopic (exact) mass is 404 g/mol. The van der Waals surface area contributed by atoms with Gasteiger partial charge in [0.05, 0.1) is 5.69 Å². The maximum atomic E-state index is 12.7. The molecule has 0 amide bonds. The number of benzene rings is 1. The molecular formula is C17H20N6O2S2. The molecule has 1 aromatic carbocycles. The molecule has 3 heterocycles. The van der Waals surface area contributed by atoms with Crippen molar-refractivity contribution in [1.82, 2.24) is 24.5 Å². The molecule has 3 aromatic rings. The van der Waals surface area contributed by atoms with Crippen molar-refractivity contribution in [2.75, 3.05) is 31.1 Å². The Balaban J connectivity index is 1.54. The summed E-state index contributed by atoms with van der Waals surface area (Å²) in [6.45, 7) is 3.99. The summed E-state index contributed by atoms with van der Waals surface area (Å²) in [5, 5.41) is 14.0. The number of anilines is 1. The van der Waals surface area contributed by atoms with E-state index >= 15 is 0 Å². The molecule has 10 heteroatoms. The molecule has 0 unspecified atom stereocenters. The number of aromatic nitrogens is 4. The van der Waals surface area contributed by atoms with Crippen molar-refractivity contribution in [1.29, 1.82) is 0 Å². The van der Waals surface area contributed by atoms with Crippen LogP contribution in [0.3, 0.4) is 0 Å². The third-order valence-electron chi connectivity index (χ3n) is 4.66. The maximum Gasteiger partial charge on any atom is 0.252 e. The lowest BCUT2D eigenvalue weighted by Gasteiger charge is -2.33. The topological polar surface area (TPSA) is 84.2 Å². The first kappa shape index (κ1) is 18.1. The lowest BCUT2D eigenvalue weighted by atomic mass is 10.1. The summed E-state index contributed by atoms with van der Waals surface area (Å²) >= 11 is 1.25. The van der Waals surface area contributed by atoms with Crippen LogP contribution in [-0.4, -0.2) is 59.1 Å². The largest absolute Gasteiger partial charge is 0.337 e. The van der Waals surface area contributed by atoms with E-state index in [1.807, 2.05) is 23.1 Å². The molecule has 1 saturated heterocycles. The fourth-order valence-electron chi connectivity index (χ4n) is 3.22. The van der Waals surface area contributed by atoms with Crippen LogP contribution < -0.4 is 4.90 Å². The number of hydrogen-bond acceptors (Lipinski definition) is 7. The van der Waals surface area contributed by atoms with Crippen molar-refractivity contribution in [3.63, 3.8) is 0 Å². The summed E-state index contributed by atoms with van der Waals surface area (Å²) in [5.74, 6) is 0.643. The Morgan fingerprint density at radius 1 is 1.07 bits per heavy atom. The zero-order valence-electron chi connectivity index (χ0n) is 14.9. The Morgan fingerprint density at radius 2 is 1.85 bits per heavy atom. The Morgan fingerprint density at radius 3 is 2.56 bits per heavy atom. The first-order valence-electron chi connectivity index (χ1n) is 8.76. The number of nitrogens with zero attached hydrogens (tertiary/aromatic N) is 6. The standard InChI is InChI=1S/C17H20N6O2S2/c1-2-14-6-3-4-7-15(14)23-17(18-19-20-23)21-9-11-22(12-10-21)27(24,25)16-8-5-13-26-16/h3-8,13H,2,9-12H2,1H3. The van der Waals surface area contributed by atoms with E-state index in [1.165, 1.54) is 15.6 Å². The molecule has 0 saturated carbocycles. The summed E-state index contributed by atoms with van der Waals surface area (Å²) < 4.78 is 29.0. The predicted molar refractivity (Wildman–Crippen MR) is 104 cm³/mol. The molecule has 0 atom stereocenters. The van der Waals surface area contributed by atoms with E-state index in [1.54, 1.807) is 22.2 Å². The molecule has 1 aliphatic rings. The summed E-state index contributed by atoms with van der Waals surface area (Å²) in [6, 6.07) is 11.4. The SMILES string of the molecule is CCc1ccccc1-n1nnnc1N1CCN(S(=O)(=O)c2cccs2)CC1. The van der Waals surface area contributed by atoms with E-state index in [4.69, 9.17) is 0 Å². The summed E-state index contributed by atoms with van der Waals surface area (Å²) in [7, 11) is -3.42. The summed E-state index contributed by atoms with van der Waals surface area (Å²) in [5.41, 5.74) is 2.11. The second-order valence-electron chi connectivity index (χ2n) is 6.20. The number of tetrazole rings is 1. The summed E-state index contributed by atoms with van der Waals surface area (Å²) in [4.78, 5) is 2.03. The normalized spacial score (nSPS) is 16.0. The van der Waals surface area contributed by atoms with Crippen molar-refractivity contribution in [3.8, 4) is 5.69 Å². The van der Waals surface area contributed by atoms with Crippen LogP contribution in [0.5, 0.6) is 0 Å². The molecule has 0 spiro atoms. The number of sulfonamides is 1. The van der Waals surface area contributed by atoms with Gasteiger partial charge in [-0.05, 0) is 39.9 Å². The van der Waals surface area contributed by atoms with Gasteiger partial charge in [-0.3, -0.25) is 0 Å². The molecule has 8 nitrogen and oxygen atoms in total. The summed E-state index contributed by atoms with van der Waals surface area (Å²) in [6.07, 6.45) is 0.877. The lowest BCUT2D eigenvalue weighted by Crippen LogP contribution is -2.49. The number of piperazine rings is 1. The Labute approximate surface area is 162 Å². The van der Waals surface area contributed by atoms with E-state index in [2.05, 4.69) is 28.5 Å². The van der Waals surface area contributed by atoms with Gasteiger partial charge in [0, 0.05) is 26.2 Å². The molecular weight excluding hydrogens is 384 g/mol. The fraction of sp³-hybridized carbons (Fsp3) is 0.353. The van der Waals surface area contributed by atoms with Crippen LogP contribution in [0.25, 0.3) is 5.69 Å². The number of thiophene rings is 1. The van der Waals surface area contributed by atoms with Crippen LogP contribution in [0.1, 0.15) is 12.5 Å². The van der Waals surface area contributed by atoms with Gasteiger partial charge in [0.1, 0.15) is 4.21 Å². The Bertz CT molecular complexity index is 1010. The van der Waals surface area contributed by atoms with Crippen molar-refractivity contribution < 1.29 is 8.42 Å². The van der Waals surface area contributed by atoms with Gasteiger partial charge < -0.3 is 4.90 Å². The molecule has 2 aromatic heterocycles. The van der Waals surface area contributed by atoms with Crippen LogP contribution in [-0.2, 0) is 16.4 Å². The Hall–Kier alpha value is -2.30. The van der Waals surface area contributed by atoms with Crippen molar-refractivity contribution in [3.05, 3.63) is 47.3 Å². The molecule has 142 valence electrons. The highest BCUT2D eigenvalue weighted by Gasteiger charge is 2.31. The zero-order chi connectivity index (χ0) is 18.9. The van der Waals surface area contributed by atoms with Gasteiger partial charge in [0.2, 0.25) is 5.95 Å². The van der Waals surface area contributed by atoms with Gasteiger partial charge >= 0.3 is 0 Å². The fourth-order valence-corrected chi connectivity index (χ4v) is 5.78. The first-order valence-corrected chi connectivity index (χ1v) is 11.1. The number of aryl methyl sites for hydroxylation is 1. The van der Waals surface area contributed by atoms with E-state index in [9.17, 15) is 8.42 Å². The van der Waals surface area contributed by atoms with Crippen molar-refractivity contribution >= 4 is 27.3 Å². The molecule has 0 radical (unpaired) electrons. The molecule has 0 N–H and O–H groups in total. The van der Waals surface area contributed by atoms with Crippen LogP contribution in [0.15, 0.2) is 46.0 Å². The highest BCUT2D eigenvalue weighted by atomic mass is 32.2. The average Bonchev–Trinajstić information content (AvgIpc) is 3.40. The van der Waals surface area contributed by atoms with Gasteiger partial charge in [0.25, 0.3) is 10.0 Å². The van der Waals surface area contributed by atoms with Gasteiger partial charge in [-0.2, -0.15) is 8.99 Å². The molecule has 0 bridgehead atoms. The Kier molecular flexibility index (Phi) is 4.94. The molecule has 1 aliphatic heterocycles. The highest BCUT2D eigenvalue weighted by Crippen LogP contribution is 2.24. The highest BCUT2D eigenvalue weighted by molar-refractivity contribution is 7.91. The molecule has 0 aliphatic carbocycles. The molecule has 4 rings (SSSR count). The minimum Gasteiger partial charge on any atom is -0.337 e. The molecule has 27 heavy (non-hydrogen) atoms. The van der Waals surface area contributed by atoms with E-state index in [-0.39, 0.29) is 0 Å². The number of para-hydroxylation sites is 1. The zero-order valence-corrected chi connectivity index (χ0v) is 16.5. The second-order valence-corrected chi connectivity index (χ2v) is 9.31. The van der Waals surface area contributed by atoms with E-state index in [0.717, 1.165) is 17.7 Å². The average molecular weight is 405 g/mol. The van der Waals surface area contributed by atoms with Gasteiger partial charge in [0.15, 0.2) is 0 Å². The number of hydrogen-bond donors (Lipinski definition) is 0. The minimum absolute atomic E-state index is 0.387. The third-order valence-corrected chi connectivity index (χ3v) is 7.94. The van der Waals surface area contributed by atoms with Gasteiger partial charge in [-0.1, -0.05) is 36.3 Å². The van der Waals surface area contributed by atoms with Gasteiger partial charge in [-0.15, -0.1) is 11.3 Å². The second kappa shape index (κ2) is 7.37. The van der Waals surface area contributed by atoms with Crippen LogP contribution in [0.2, 0.25) is 0 Å². The van der Waals surface area contributed by atoms with Gasteiger partial charge in [-0.25, -0.2) is 8.42 Å². The van der Waals surface area contributed by atoms with Crippen LogP contribution in [0, 0.1) is 0 Å². The van der Waals surface area contributed by atoms with Crippen LogP contribution in [0.4, 0.5) is 5.95 Å².